The minimum atomic E-state index is -1.43. The number of amides is 2. The molecule has 8 nitrogen and oxygen atoms in total. The summed E-state index contributed by atoms with van der Waals surface area (Å²) in [6.07, 6.45) is -0.652. The first kappa shape index (κ1) is 18.2. The fourth-order valence-electron chi connectivity index (χ4n) is 1.89. The lowest BCUT2D eigenvalue weighted by atomic mass is 10.2. The molecule has 2 amide bonds. The van der Waals surface area contributed by atoms with Gasteiger partial charge >= 0.3 is 18.0 Å². The van der Waals surface area contributed by atoms with Gasteiger partial charge in [0, 0.05) is 19.1 Å². The molecule has 1 unspecified atom stereocenters. The third kappa shape index (κ3) is 6.37. The van der Waals surface area contributed by atoms with Gasteiger partial charge in [0.2, 0.25) is 0 Å². The van der Waals surface area contributed by atoms with Crippen LogP contribution in [0.2, 0.25) is 0 Å². The molecule has 0 aromatic rings. The van der Waals surface area contributed by atoms with Crippen LogP contribution in [0.4, 0.5) is 4.79 Å². The van der Waals surface area contributed by atoms with Crippen LogP contribution in [0, 0.1) is 0 Å². The largest absolute Gasteiger partial charge is 0.481 e. The van der Waals surface area contributed by atoms with Crippen LogP contribution in [0.25, 0.3) is 0 Å². The van der Waals surface area contributed by atoms with Gasteiger partial charge in [-0.15, -0.1) is 0 Å². The first-order valence-corrected chi connectivity index (χ1v) is 6.35. The highest BCUT2D eigenvalue weighted by Gasteiger charge is 2.27. The molecule has 116 valence electrons. The lowest BCUT2D eigenvalue weighted by Crippen LogP contribution is -2.53. The summed E-state index contributed by atoms with van der Waals surface area (Å²) in [4.78, 5) is 36.9. The minimum absolute atomic E-state index is 0.116. The van der Waals surface area contributed by atoms with Gasteiger partial charge in [0.05, 0.1) is 6.42 Å². The molecule has 0 aliphatic carbocycles. The van der Waals surface area contributed by atoms with Crippen LogP contribution in [0.15, 0.2) is 0 Å². The van der Waals surface area contributed by atoms with E-state index in [0.29, 0.717) is 13.1 Å². The van der Waals surface area contributed by atoms with Crippen molar-refractivity contribution < 1.29 is 24.6 Å². The number of likely N-dealkylation sites (N-methyl/N-ethyl adjacent to an activating group) is 2. The van der Waals surface area contributed by atoms with Crippen LogP contribution >= 0.6 is 0 Å². The molecule has 0 aliphatic heterocycles. The molecule has 20 heavy (non-hydrogen) atoms. The maximum atomic E-state index is 12.0. The third-order valence-corrected chi connectivity index (χ3v) is 2.74. The van der Waals surface area contributed by atoms with Gasteiger partial charge in [0.25, 0.3) is 0 Å². The van der Waals surface area contributed by atoms with Gasteiger partial charge in [0.1, 0.15) is 6.04 Å². The van der Waals surface area contributed by atoms with Gasteiger partial charge in [-0.25, -0.2) is 9.59 Å². The molecule has 0 aromatic heterocycles. The summed E-state index contributed by atoms with van der Waals surface area (Å²) in [5, 5.41) is 19.8. The maximum Gasteiger partial charge on any atom is 0.326 e. The number of carboxylic acids is 2. The number of hydrogen-bond acceptors (Lipinski definition) is 4. The molecule has 0 saturated carbocycles. The summed E-state index contributed by atoms with van der Waals surface area (Å²) in [7, 11) is 3.74. The SMILES string of the molecule is CCN(C(=O)N[C@H](CC(=O)O)C(=O)O)C(C)CN(C)C. The Morgan fingerprint density at radius 3 is 2.10 bits per heavy atom. The van der Waals surface area contributed by atoms with Crippen molar-refractivity contribution in [3.8, 4) is 0 Å². The van der Waals surface area contributed by atoms with E-state index in [2.05, 4.69) is 5.32 Å². The number of carbonyl (C=O) groups excluding carboxylic acids is 1. The summed E-state index contributed by atoms with van der Waals surface area (Å²) in [5.74, 6) is -2.64. The standard InChI is InChI=1S/C12H23N3O5/c1-5-15(8(2)7-14(3)4)12(20)13-9(11(18)19)6-10(16)17/h8-9H,5-7H2,1-4H3,(H,13,20)(H,16,17)(H,18,19)/t8?,9-/m1/s1. The van der Waals surface area contributed by atoms with Gasteiger partial charge in [0.15, 0.2) is 0 Å². The quantitative estimate of drug-likeness (QED) is 0.575. The summed E-state index contributed by atoms with van der Waals surface area (Å²) in [5.41, 5.74) is 0. The predicted octanol–water partition coefficient (Wildman–Crippen LogP) is -0.104. The summed E-state index contributed by atoms with van der Waals surface area (Å²) in [6.45, 7) is 4.65. The molecule has 0 bridgehead atoms. The Morgan fingerprint density at radius 2 is 1.75 bits per heavy atom. The van der Waals surface area contributed by atoms with Crippen LogP contribution in [-0.2, 0) is 9.59 Å². The molecular formula is C12H23N3O5. The molecule has 0 heterocycles. The van der Waals surface area contributed by atoms with E-state index in [4.69, 9.17) is 10.2 Å². The fourth-order valence-corrected chi connectivity index (χ4v) is 1.89. The number of hydrogen-bond donors (Lipinski definition) is 3. The number of nitrogens with zero attached hydrogens (tertiary/aromatic N) is 2. The minimum Gasteiger partial charge on any atom is -0.481 e. The van der Waals surface area contributed by atoms with E-state index >= 15 is 0 Å². The molecule has 0 radical (unpaired) electrons. The monoisotopic (exact) mass is 289 g/mol. The Balaban J connectivity index is 4.74. The summed E-state index contributed by atoms with van der Waals surface area (Å²) < 4.78 is 0. The number of rotatable bonds is 8. The molecule has 0 rings (SSSR count). The van der Waals surface area contributed by atoms with E-state index in [1.54, 1.807) is 6.92 Å². The van der Waals surface area contributed by atoms with Crippen molar-refractivity contribution in [2.24, 2.45) is 0 Å². The zero-order chi connectivity index (χ0) is 15.9. The van der Waals surface area contributed by atoms with Crippen molar-refractivity contribution in [2.75, 3.05) is 27.2 Å². The van der Waals surface area contributed by atoms with Gasteiger partial charge in [-0.05, 0) is 27.9 Å². The Morgan fingerprint density at radius 1 is 1.20 bits per heavy atom. The Labute approximate surface area is 118 Å². The number of aliphatic carboxylic acids is 2. The predicted molar refractivity (Wildman–Crippen MR) is 72.6 cm³/mol. The first-order valence-electron chi connectivity index (χ1n) is 6.35. The van der Waals surface area contributed by atoms with E-state index in [1.165, 1.54) is 4.90 Å². The second kappa shape index (κ2) is 8.36. The molecule has 2 atom stereocenters. The van der Waals surface area contributed by atoms with Gasteiger partial charge in [-0.2, -0.15) is 0 Å². The van der Waals surface area contributed by atoms with Crippen LogP contribution in [0.5, 0.6) is 0 Å². The molecule has 0 aromatic carbocycles. The summed E-state index contributed by atoms with van der Waals surface area (Å²) in [6, 6.07) is -2.12. The van der Waals surface area contributed by atoms with Crippen molar-refractivity contribution in [1.82, 2.24) is 15.1 Å². The maximum absolute atomic E-state index is 12.0. The molecule has 8 heteroatoms. The van der Waals surface area contributed by atoms with Crippen LogP contribution in [0.3, 0.4) is 0 Å². The number of carbonyl (C=O) groups is 3. The van der Waals surface area contributed by atoms with Gasteiger partial charge < -0.3 is 25.3 Å². The van der Waals surface area contributed by atoms with Crippen LogP contribution < -0.4 is 5.32 Å². The van der Waals surface area contributed by atoms with Crippen molar-refractivity contribution >= 4 is 18.0 Å². The van der Waals surface area contributed by atoms with Crippen molar-refractivity contribution in [3.63, 3.8) is 0 Å². The number of nitrogens with one attached hydrogen (secondary N) is 1. The van der Waals surface area contributed by atoms with E-state index < -0.39 is 30.4 Å². The highest BCUT2D eigenvalue weighted by Crippen LogP contribution is 2.03. The number of urea groups is 1. The van der Waals surface area contributed by atoms with Crippen LogP contribution in [-0.4, -0.2) is 77.3 Å². The lowest BCUT2D eigenvalue weighted by Gasteiger charge is -2.31. The Hall–Kier alpha value is -1.83. The van der Waals surface area contributed by atoms with Crippen molar-refractivity contribution in [2.45, 2.75) is 32.4 Å². The first-order chi connectivity index (χ1) is 9.18. The van der Waals surface area contributed by atoms with Gasteiger partial charge in [-0.1, -0.05) is 0 Å². The molecular weight excluding hydrogens is 266 g/mol. The van der Waals surface area contributed by atoms with Crippen molar-refractivity contribution in [1.29, 1.82) is 0 Å². The average Bonchev–Trinajstić information content (AvgIpc) is 2.26. The highest BCUT2D eigenvalue weighted by atomic mass is 16.4. The second-order valence-corrected chi connectivity index (χ2v) is 4.84. The molecule has 0 aliphatic rings. The van der Waals surface area contributed by atoms with E-state index in [1.807, 2.05) is 25.9 Å². The molecule has 3 N–H and O–H groups in total. The number of carboxylic acid groups (broad SMARTS) is 2. The van der Waals surface area contributed by atoms with Crippen LogP contribution in [0.1, 0.15) is 20.3 Å². The second-order valence-electron chi connectivity index (χ2n) is 4.84. The molecule has 0 spiro atoms. The van der Waals surface area contributed by atoms with E-state index in [-0.39, 0.29) is 6.04 Å². The zero-order valence-electron chi connectivity index (χ0n) is 12.3. The lowest BCUT2D eigenvalue weighted by molar-refractivity contribution is -0.145. The third-order valence-electron chi connectivity index (χ3n) is 2.74. The van der Waals surface area contributed by atoms with E-state index in [9.17, 15) is 14.4 Å². The van der Waals surface area contributed by atoms with Crippen molar-refractivity contribution in [3.05, 3.63) is 0 Å². The summed E-state index contributed by atoms with van der Waals surface area (Å²) >= 11 is 0. The average molecular weight is 289 g/mol. The fraction of sp³-hybridized carbons (Fsp3) is 0.750. The highest BCUT2D eigenvalue weighted by molar-refractivity contribution is 5.86. The zero-order valence-corrected chi connectivity index (χ0v) is 12.3. The molecule has 0 fully saturated rings. The Kier molecular flexibility index (Phi) is 7.60. The topological polar surface area (TPSA) is 110 Å². The normalized spacial score (nSPS) is 13.7. The van der Waals surface area contributed by atoms with E-state index in [0.717, 1.165) is 0 Å². The smallest absolute Gasteiger partial charge is 0.326 e. The van der Waals surface area contributed by atoms with Gasteiger partial charge in [-0.3, -0.25) is 4.79 Å². The molecule has 0 saturated heterocycles. The Bertz CT molecular complexity index is 359.